The maximum Gasteiger partial charge on any atom is 0.227 e. The summed E-state index contributed by atoms with van der Waals surface area (Å²) in [6.45, 7) is 4.71. The number of aryl methyl sites for hydroxylation is 2. The summed E-state index contributed by atoms with van der Waals surface area (Å²) in [4.78, 5) is 13.7. The van der Waals surface area contributed by atoms with Gasteiger partial charge in [-0.05, 0) is 43.0 Å². The Bertz CT molecular complexity index is 459. The number of carbonyl (C=O) groups excluding carboxylic acids is 1. The highest BCUT2D eigenvalue weighted by Crippen LogP contribution is 2.33. The second kappa shape index (κ2) is 4.87. The molecule has 1 heterocycles. The van der Waals surface area contributed by atoms with E-state index in [2.05, 4.69) is 0 Å². The van der Waals surface area contributed by atoms with E-state index >= 15 is 0 Å². The van der Waals surface area contributed by atoms with Crippen molar-refractivity contribution in [3.05, 3.63) is 28.3 Å². The molecule has 0 aromatic heterocycles. The molecule has 1 atom stereocenters. The summed E-state index contributed by atoms with van der Waals surface area (Å²) in [6.07, 6.45) is 0.521. The van der Waals surface area contributed by atoms with Gasteiger partial charge in [-0.15, -0.1) is 11.6 Å². The topological polar surface area (TPSA) is 20.3 Å². The number of carbonyl (C=O) groups is 1. The Labute approximate surface area is 112 Å². The van der Waals surface area contributed by atoms with Gasteiger partial charge in [0.25, 0.3) is 0 Å². The SMILES string of the molecule is Cc1cc(Cl)c(N2CC(CCl)CC2=O)cc1C. The molecule has 0 saturated carbocycles. The number of halogens is 2. The molecule has 0 N–H and O–H groups in total. The third-order valence-electron chi connectivity index (χ3n) is 3.28. The van der Waals surface area contributed by atoms with Crippen LogP contribution in [0.1, 0.15) is 17.5 Å². The molecular formula is C13H15Cl2NO. The van der Waals surface area contributed by atoms with Crippen molar-refractivity contribution in [2.75, 3.05) is 17.3 Å². The largest absolute Gasteiger partial charge is 0.311 e. The van der Waals surface area contributed by atoms with Gasteiger partial charge < -0.3 is 4.90 Å². The predicted octanol–water partition coefficient (Wildman–Crippen LogP) is 3.55. The third kappa shape index (κ3) is 2.43. The minimum atomic E-state index is 0.112. The van der Waals surface area contributed by atoms with Crippen molar-refractivity contribution in [3.63, 3.8) is 0 Å². The van der Waals surface area contributed by atoms with Gasteiger partial charge in [-0.1, -0.05) is 11.6 Å². The second-order valence-corrected chi connectivity index (χ2v) is 5.33. The highest BCUT2D eigenvalue weighted by molar-refractivity contribution is 6.34. The first kappa shape index (κ1) is 12.7. The third-order valence-corrected chi connectivity index (χ3v) is 4.02. The van der Waals surface area contributed by atoms with Crippen LogP contribution in [0.5, 0.6) is 0 Å². The molecule has 1 aromatic carbocycles. The van der Waals surface area contributed by atoms with E-state index < -0.39 is 0 Å². The maximum absolute atomic E-state index is 11.9. The molecule has 0 spiro atoms. The lowest BCUT2D eigenvalue weighted by molar-refractivity contribution is -0.117. The second-order valence-electron chi connectivity index (χ2n) is 4.62. The van der Waals surface area contributed by atoms with Crippen molar-refractivity contribution in [3.8, 4) is 0 Å². The molecule has 0 bridgehead atoms. The van der Waals surface area contributed by atoms with Crippen molar-refractivity contribution in [1.29, 1.82) is 0 Å². The van der Waals surface area contributed by atoms with Gasteiger partial charge in [0.2, 0.25) is 5.91 Å². The first-order valence-electron chi connectivity index (χ1n) is 5.66. The molecule has 92 valence electrons. The molecule has 17 heavy (non-hydrogen) atoms. The fourth-order valence-corrected chi connectivity index (χ4v) is 2.62. The molecule has 1 fully saturated rings. The Morgan fingerprint density at radius 3 is 2.59 bits per heavy atom. The first-order valence-corrected chi connectivity index (χ1v) is 6.57. The minimum Gasteiger partial charge on any atom is -0.311 e. The number of hydrogen-bond acceptors (Lipinski definition) is 1. The van der Waals surface area contributed by atoms with Crippen LogP contribution in [0.25, 0.3) is 0 Å². The Morgan fingerprint density at radius 1 is 1.35 bits per heavy atom. The van der Waals surface area contributed by atoms with E-state index in [1.54, 1.807) is 4.90 Å². The zero-order valence-corrected chi connectivity index (χ0v) is 11.5. The van der Waals surface area contributed by atoms with Crippen molar-refractivity contribution in [1.82, 2.24) is 0 Å². The van der Waals surface area contributed by atoms with Crippen LogP contribution in [0, 0.1) is 19.8 Å². The van der Waals surface area contributed by atoms with Crippen LogP contribution in [0.2, 0.25) is 5.02 Å². The van der Waals surface area contributed by atoms with E-state index in [1.807, 2.05) is 26.0 Å². The quantitative estimate of drug-likeness (QED) is 0.754. The van der Waals surface area contributed by atoms with E-state index in [0.29, 0.717) is 23.9 Å². The van der Waals surface area contributed by atoms with Gasteiger partial charge in [-0.3, -0.25) is 4.79 Å². The van der Waals surface area contributed by atoms with Crippen LogP contribution < -0.4 is 4.90 Å². The van der Waals surface area contributed by atoms with Gasteiger partial charge in [0, 0.05) is 18.8 Å². The van der Waals surface area contributed by atoms with Gasteiger partial charge in [0.05, 0.1) is 10.7 Å². The number of nitrogens with zero attached hydrogens (tertiary/aromatic N) is 1. The highest BCUT2D eigenvalue weighted by atomic mass is 35.5. The number of anilines is 1. The molecule has 2 nitrogen and oxygen atoms in total. The standard InChI is InChI=1S/C13H15Cl2NO/c1-8-3-11(15)12(4-9(8)2)16-7-10(6-14)5-13(16)17/h3-4,10H,5-7H2,1-2H3. The average Bonchev–Trinajstić information content (AvgIpc) is 2.65. The van der Waals surface area contributed by atoms with Crippen LogP contribution in [-0.4, -0.2) is 18.3 Å². The zero-order chi connectivity index (χ0) is 12.6. The molecule has 1 saturated heterocycles. The number of rotatable bonds is 2. The summed E-state index contributed by atoms with van der Waals surface area (Å²) < 4.78 is 0. The maximum atomic E-state index is 11.9. The van der Waals surface area contributed by atoms with Gasteiger partial charge in [-0.25, -0.2) is 0 Å². The molecule has 0 radical (unpaired) electrons. The minimum absolute atomic E-state index is 0.112. The smallest absolute Gasteiger partial charge is 0.227 e. The van der Waals surface area contributed by atoms with Crippen LogP contribution in [0.3, 0.4) is 0 Å². The van der Waals surface area contributed by atoms with Crippen molar-refractivity contribution < 1.29 is 4.79 Å². The van der Waals surface area contributed by atoms with Crippen molar-refractivity contribution in [2.24, 2.45) is 5.92 Å². The fourth-order valence-electron chi connectivity index (χ4n) is 2.09. The monoisotopic (exact) mass is 271 g/mol. The lowest BCUT2D eigenvalue weighted by Crippen LogP contribution is -2.25. The molecule has 1 aliphatic rings. The normalized spacial score (nSPS) is 20.1. The van der Waals surface area contributed by atoms with Gasteiger partial charge in [0.1, 0.15) is 0 Å². The van der Waals surface area contributed by atoms with Gasteiger partial charge >= 0.3 is 0 Å². The average molecular weight is 272 g/mol. The summed E-state index contributed by atoms with van der Waals surface area (Å²) in [5.41, 5.74) is 3.10. The zero-order valence-electron chi connectivity index (χ0n) is 9.96. The van der Waals surface area contributed by atoms with Crippen molar-refractivity contribution >= 4 is 34.8 Å². The predicted molar refractivity (Wildman–Crippen MR) is 72.1 cm³/mol. The lowest BCUT2D eigenvalue weighted by atomic mass is 10.1. The van der Waals surface area contributed by atoms with E-state index in [1.165, 1.54) is 0 Å². The van der Waals surface area contributed by atoms with E-state index in [-0.39, 0.29) is 11.8 Å². The first-order chi connectivity index (χ1) is 8.02. The molecule has 1 aliphatic heterocycles. The van der Waals surface area contributed by atoms with Crippen LogP contribution in [-0.2, 0) is 4.79 Å². The molecule has 2 rings (SSSR count). The number of benzene rings is 1. The number of amides is 1. The Kier molecular flexibility index (Phi) is 3.64. The summed E-state index contributed by atoms with van der Waals surface area (Å²) in [7, 11) is 0. The fraction of sp³-hybridized carbons (Fsp3) is 0.462. The van der Waals surface area contributed by atoms with Crippen LogP contribution in [0.4, 0.5) is 5.69 Å². The Morgan fingerprint density at radius 2 is 2.00 bits per heavy atom. The molecule has 1 unspecified atom stereocenters. The number of hydrogen-bond donors (Lipinski definition) is 0. The summed E-state index contributed by atoms with van der Waals surface area (Å²) in [5, 5.41) is 0.636. The van der Waals surface area contributed by atoms with E-state index in [9.17, 15) is 4.79 Å². The number of alkyl halides is 1. The van der Waals surface area contributed by atoms with Gasteiger partial charge in [0.15, 0.2) is 0 Å². The van der Waals surface area contributed by atoms with Gasteiger partial charge in [-0.2, -0.15) is 0 Å². The molecule has 4 heteroatoms. The summed E-state index contributed by atoms with van der Waals surface area (Å²) in [5.74, 6) is 0.868. The van der Waals surface area contributed by atoms with E-state index in [0.717, 1.165) is 16.8 Å². The van der Waals surface area contributed by atoms with Crippen LogP contribution in [0.15, 0.2) is 12.1 Å². The molecular weight excluding hydrogens is 257 g/mol. The lowest BCUT2D eigenvalue weighted by Gasteiger charge is -2.19. The molecule has 1 aromatic rings. The molecule has 0 aliphatic carbocycles. The summed E-state index contributed by atoms with van der Waals surface area (Å²) in [6, 6.07) is 3.89. The Balaban J connectivity index is 2.35. The Hall–Kier alpha value is -0.730. The van der Waals surface area contributed by atoms with Crippen LogP contribution >= 0.6 is 23.2 Å². The summed E-state index contributed by atoms with van der Waals surface area (Å²) >= 11 is 12.0. The van der Waals surface area contributed by atoms with E-state index in [4.69, 9.17) is 23.2 Å². The highest BCUT2D eigenvalue weighted by Gasteiger charge is 2.31. The molecule has 1 amide bonds. The van der Waals surface area contributed by atoms with Crippen molar-refractivity contribution in [2.45, 2.75) is 20.3 Å².